The zero-order valence-electron chi connectivity index (χ0n) is 13.0. The van der Waals surface area contributed by atoms with Gasteiger partial charge < -0.3 is 0 Å². The summed E-state index contributed by atoms with van der Waals surface area (Å²) in [6.07, 6.45) is 1.26. The molecule has 23 heavy (non-hydrogen) atoms. The highest BCUT2D eigenvalue weighted by molar-refractivity contribution is 7.92. The lowest BCUT2D eigenvalue weighted by molar-refractivity contribution is 0.449. The molecule has 126 valence electrons. The summed E-state index contributed by atoms with van der Waals surface area (Å²) < 4.78 is 68.1. The van der Waals surface area contributed by atoms with Crippen molar-refractivity contribution in [1.82, 2.24) is 9.78 Å². The summed E-state index contributed by atoms with van der Waals surface area (Å²) in [6.45, 7) is 5.31. The number of nitrogens with one attached hydrogen (secondary N) is 1. The fourth-order valence-corrected chi connectivity index (χ4v) is 3.44. The Kier molecular flexibility index (Phi) is 4.18. The second-order valence-corrected chi connectivity index (χ2v) is 7.74. The number of sulfonamides is 1. The van der Waals surface area contributed by atoms with Crippen LogP contribution >= 0.6 is 0 Å². The van der Waals surface area contributed by atoms with Crippen LogP contribution in [0.4, 0.5) is 18.9 Å². The molecule has 1 heterocycles. The predicted octanol–water partition coefficient (Wildman–Crippen LogP) is 2.94. The Hall–Kier alpha value is -2.03. The lowest BCUT2D eigenvalue weighted by Crippen LogP contribution is -2.21. The van der Waals surface area contributed by atoms with Crippen LogP contribution < -0.4 is 4.72 Å². The first-order valence-corrected chi connectivity index (χ1v) is 8.12. The van der Waals surface area contributed by atoms with Crippen LogP contribution in [0, 0.1) is 17.5 Å². The minimum atomic E-state index is -4.22. The molecule has 0 saturated heterocycles. The molecule has 0 bridgehead atoms. The van der Waals surface area contributed by atoms with Crippen molar-refractivity contribution in [3.63, 3.8) is 0 Å². The second kappa shape index (κ2) is 5.55. The number of nitrogens with zero attached hydrogens (tertiary/aromatic N) is 2. The molecule has 2 rings (SSSR count). The molecule has 0 atom stereocenters. The average Bonchev–Trinajstić information content (AvgIpc) is 2.83. The maximum absolute atomic E-state index is 13.7. The van der Waals surface area contributed by atoms with Crippen molar-refractivity contribution in [1.29, 1.82) is 0 Å². The minimum absolute atomic E-state index is 0.156. The SMILES string of the molecule is Cn1cc(S(=O)(=O)Nc2ccc(F)c(F)c2F)c(C(C)(C)C)n1. The smallest absolute Gasteiger partial charge is 0.265 e. The molecule has 2 aromatic rings. The molecule has 0 radical (unpaired) electrons. The second-order valence-electron chi connectivity index (χ2n) is 6.09. The molecule has 0 saturated carbocycles. The van der Waals surface area contributed by atoms with Gasteiger partial charge in [0.25, 0.3) is 10.0 Å². The van der Waals surface area contributed by atoms with Crippen LogP contribution in [0.15, 0.2) is 23.2 Å². The zero-order chi connectivity index (χ0) is 17.6. The summed E-state index contributed by atoms with van der Waals surface area (Å²) in [5.74, 6) is -4.75. The molecule has 1 N–H and O–H groups in total. The average molecular weight is 347 g/mol. The van der Waals surface area contributed by atoms with E-state index in [1.165, 1.54) is 10.9 Å². The lowest BCUT2D eigenvalue weighted by atomic mass is 9.92. The van der Waals surface area contributed by atoms with Gasteiger partial charge in [-0.15, -0.1) is 0 Å². The Morgan fingerprint density at radius 2 is 1.74 bits per heavy atom. The Morgan fingerprint density at radius 3 is 2.30 bits per heavy atom. The van der Waals surface area contributed by atoms with E-state index in [9.17, 15) is 21.6 Å². The summed E-state index contributed by atoms with van der Waals surface area (Å²) in [6, 6.07) is 1.46. The third kappa shape index (κ3) is 3.34. The normalized spacial score (nSPS) is 12.5. The summed E-state index contributed by atoms with van der Waals surface area (Å²) in [5, 5.41) is 4.11. The number of anilines is 1. The number of aromatic nitrogens is 2. The van der Waals surface area contributed by atoms with E-state index in [-0.39, 0.29) is 10.6 Å². The number of hydrogen-bond acceptors (Lipinski definition) is 3. The van der Waals surface area contributed by atoms with Crippen LogP contribution in [0.25, 0.3) is 0 Å². The molecule has 0 aliphatic carbocycles. The van der Waals surface area contributed by atoms with Crippen LogP contribution in [0.1, 0.15) is 26.5 Å². The maximum Gasteiger partial charge on any atom is 0.265 e. The topological polar surface area (TPSA) is 64.0 Å². The molecule has 1 aromatic carbocycles. The van der Waals surface area contributed by atoms with Gasteiger partial charge in [0.1, 0.15) is 4.90 Å². The van der Waals surface area contributed by atoms with Crippen molar-refractivity contribution < 1.29 is 21.6 Å². The van der Waals surface area contributed by atoms with Gasteiger partial charge in [-0.2, -0.15) is 5.10 Å². The number of rotatable bonds is 3. The molecule has 9 heteroatoms. The van der Waals surface area contributed by atoms with Gasteiger partial charge in [-0.3, -0.25) is 9.40 Å². The summed E-state index contributed by atoms with van der Waals surface area (Å²) in [7, 11) is -2.67. The molecule has 0 fully saturated rings. The van der Waals surface area contributed by atoms with Crippen molar-refractivity contribution in [3.05, 3.63) is 41.5 Å². The standard InChI is InChI=1S/C14H16F3N3O2S/c1-14(2,3)13-10(7-20(4)18-13)23(21,22)19-9-6-5-8(15)11(16)12(9)17/h5-7,19H,1-4H3. The van der Waals surface area contributed by atoms with Gasteiger partial charge in [0.2, 0.25) is 0 Å². The van der Waals surface area contributed by atoms with Gasteiger partial charge in [-0.1, -0.05) is 20.8 Å². The summed E-state index contributed by atoms with van der Waals surface area (Å²) in [5.41, 5.74) is -0.985. The first kappa shape index (κ1) is 17.3. The van der Waals surface area contributed by atoms with E-state index >= 15 is 0 Å². The van der Waals surface area contributed by atoms with E-state index in [0.717, 1.165) is 6.07 Å². The highest BCUT2D eigenvalue weighted by Gasteiger charge is 2.30. The van der Waals surface area contributed by atoms with Gasteiger partial charge in [-0.25, -0.2) is 21.6 Å². The monoisotopic (exact) mass is 347 g/mol. The molecule has 0 aliphatic heterocycles. The van der Waals surface area contributed by atoms with Gasteiger partial charge in [0.15, 0.2) is 17.5 Å². The molecule has 0 amide bonds. The van der Waals surface area contributed by atoms with E-state index in [4.69, 9.17) is 0 Å². The van der Waals surface area contributed by atoms with Gasteiger partial charge in [0, 0.05) is 18.7 Å². The highest BCUT2D eigenvalue weighted by Crippen LogP contribution is 2.29. The lowest BCUT2D eigenvalue weighted by Gasteiger charge is -2.18. The van der Waals surface area contributed by atoms with Crippen LogP contribution in [0.2, 0.25) is 0 Å². The number of aryl methyl sites for hydroxylation is 1. The van der Waals surface area contributed by atoms with E-state index < -0.39 is 38.6 Å². The van der Waals surface area contributed by atoms with Gasteiger partial charge in [-0.05, 0) is 12.1 Å². The quantitative estimate of drug-likeness (QED) is 0.869. The fourth-order valence-electron chi connectivity index (χ4n) is 1.99. The van der Waals surface area contributed by atoms with E-state index in [1.54, 1.807) is 27.8 Å². The predicted molar refractivity (Wildman–Crippen MR) is 79.0 cm³/mol. The van der Waals surface area contributed by atoms with E-state index in [0.29, 0.717) is 6.07 Å². The van der Waals surface area contributed by atoms with Crippen molar-refractivity contribution in [2.45, 2.75) is 31.1 Å². The van der Waals surface area contributed by atoms with Crippen molar-refractivity contribution in [2.75, 3.05) is 4.72 Å². The molecular formula is C14H16F3N3O2S. The van der Waals surface area contributed by atoms with Crippen LogP contribution in [-0.4, -0.2) is 18.2 Å². The Bertz CT molecular complexity index is 855. The molecule has 0 aliphatic rings. The van der Waals surface area contributed by atoms with Crippen molar-refractivity contribution in [2.24, 2.45) is 7.05 Å². The first-order chi connectivity index (χ1) is 10.4. The van der Waals surface area contributed by atoms with Gasteiger partial charge in [0.05, 0.1) is 11.4 Å². The number of benzene rings is 1. The Balaban J connectivity index is 2.51. The third-order valence-electron chi connectivity index (χ3n) is 3.07. The summed E-state index contributed by atoms with van der Waals surface area (Å²) in [4.78, 5) is -0.156. The van der Waals surface area contributed by atoms with Crippen LogP contribution in [0.3, 0.4) is 0 Å². The van der Waals surface area contributed by atoms with E-state index in [1.807, 2.05) is 4.72 Å². The largest absolute Gasteiger partial charge is 0.276 e. The fraction of sp³-hybridized carbons (Fsp3) is 0.357. The minimum Gasteiger partial charge on any atom is -0.276 e. The van der Waals surface area contributed by atoms with Gasteiger partial charge >= 0.3 is 0 Å². The summed E-state index contributed by atoms with van der Waals surface area (Å²) >= 11 is 0. The highest BCUT2D eigenvalue weighted by atomic mass is 32.2. The molecule has 5 nitrogen and oxygen atoms in total. The Morgan fingerprint density at radius 1 is 1.13 bits per heavy atom. The van der Waals surface area contributed by atoms with Crippen molar-refractivity contribution in [3.8, 4) is 0 Å². The molecular weight excluding hydrogens is 331 g/mol. The van der Waals surface area contributed by atoms with Crippen LogP contribution in [-0.2, 0) is 22.5 Å². The van der Waals surface area contributed by atoms with E-state index in [2.05, 4.69) is 5.10 Å². The molecule has 0 spiro atoms. The molecule has 1 aromatic heterocycles. The van der Waals surface area contributed by atoms with Crippen LogP contribution in [0.5, 0.6) is 0 Å². The number of hydrogen-bond donors (Lipinski definition) is 1. The first-order valence-electron chi connectivity index (χ1n) is 6.64. The molecule has 0 unspecified atom stereocenters. The number of halogens is 3. The maximum atomic E-state index is 13.7. The third-order valence-corrected chi connectivity index (χ3v) is 4.44. The van der Waals surface area contributed by atoms with Crippen molar-refractivity contribution >= 4 is 15.7 Å². The zero-order valence-corrected chi connectivity index (χ0v) is 13.8. The Labute approximate surface area is 132 Å².